The Bertz CT molecular complexity index is 1070. The lowest BCUT2D eigenvalue weighted by molar-refractivity contribution is 0.0526. The number of hydrogen-bond donors (Lipinski definition) is 1. The monoisotopic (exact) mass is 397 g/mol. The topological polar surface area (TPSA) is 72.7 Å². The number of nitrogens with zero attached hydrogens (tertiary/aromatic N) is 2. The fraction of sp³-hybridized carbons (Fsp3) is 0.381. The molecule has 0 bridgehead atoms. The molecule has 0 fully saturated rings. The van der Waals surface area contributed by atoms with Crippen molar-refractivity contribution in [3.8, 4) is 0 Å². The second kappa shape index (κ2) is 7.39. The van der Waals surface area contributed by atoms with Crippen molar-refractivity contribution in [2.45, 2.75) is 40.0 Å². The molecule has 28 heavy (non-hydrogen) atoms. The number of hydrogen-bond acceptors (Lipinski definition) is 5. The Hall–Kier alpha value is -2.67. The Labute approximate surface area is 167 Å². The summed E-state index contributed by atoms with van der Waals surface area (Å²) in [7, 11) is 0. The first-order valence-electron chi connectivity index (χ1n) is 9.54. The van der Waals surface area contributed by atoms with Gasteiger partial charge in [-0.2, -0.15) is 0 Å². The van der Waals surface area contributed by atoms with Gasteiger partial charge in [-0.05, 0) is 62.3 Å². The molecule has 0 saturated carbocycles. The number of imidazole rings is 1. The Kier molecular flexibility index (Phi) is 4.93. The molecule has 6 nitrogen and oxygen atoms in total. The molecule has 1 aliphatic rings. The van der Waals surface area contributed by atoms with Gasteiger partial charge < -0.3 is 14.5 Å². The molecule has 3 heterocycles. The summed E-state index contributed by atoms with van der Waals surface area (Å²) < 4.78 is 7.08. The molecule has 0 radical (unpaired) electrons. The molecule has 3 aromatic heterocycles. The van der Waals surface area contributed by atoms with Crippen molar-refractivity contribution in [2.24, 2.45) is 5.92 Å². The number of ether oxygens (including phenoxy) is 1. The number of pyridine rings is 1. The third-order valence-electron chi connectivity index (χ3n) is 5.07. The Balaban J connectivity index is 1.67. The number of aromatic nitrogens is 2. The summed E-state index contributed by atoms with van der Waals surface area (Å²) in [5, 5.41) is 3.48. The number of thiophene rings is 1. The first-order valence-corrected chi connectivity index (χ1v) is 10.4. The van der Waals surface area contributed by atoms with Gasteiger partial charge >= 0.3 is 5.97 Å². The number of nitrogens with one attached hydrogen (secondary N) is 1. The lowest BCUT2D eigenvalue weighted by Gasteiger charge is -2.18. The Morgan fingerprint density at radius 2 is 2.25 bits per heavy atom. The van der Waals surface area contributed by atoms with Crippen LogP contribution < -0.4 is 5.32 Å². The molecule has 0 saturated heterocycles. The summed E-state index contributed by atoms with van der Waals surface area (Å²) in [5.74, 6) is -0.111. The molecular weight excluding hydrogens is 374 g/mol. The van der Waals surface area contributed by atoms with Gasteiger partial charge in [-0.25, -0.2) is 9.78 Å². The number of fused-ring (bicyclic) bond motifs is 2. The number of rotatable bonds is 4. The standard InChI is InChI=1S/C21H23N3O3S/c1-4-27-21(26)18-14-6-5-12(2)9-16(14)28-20(18)23-19(25)15-11-24-8-7-13(3)10-17(24)22-15/h7-8,10-12H,4-6,9H2,1-3H3,(H,23,25). The van der Waals surface area contributed by atoms with Gasteiger partial charge in [-0.3, -0.25) is 4.79 Å². The van der Waals surface area contributed by atoms with E-state index in [0.29, 0.717) is 28.8 Å². The maximum Gasteiger partial charge on any atom is 0.341 e. The molecule has 0 spiro atoms. The molecular formula is C21H23N3O3S. The molecule has 146 valence electrons. The minimum absolute atomic E-state index is 0.305. The zero-order valence-electron chi connectivity index (χ0n) is 16.2. The van der Waals surface area contributed by atoms with Crippen LogP contribution in [0.4, 0.5) is 5.00 Å². The van der Waals surface area contributed by atoms with Crippen molar-refractivity contribution in [1.29, 1.82) is 0 Å². The van der Waals surface area contributed by atoms with Crippen LogP contribution >= 0.6 is 11.3 Å². The summed E-state index contributed by atoms with van der Waals surface area (Å²) in [4.78, 5) is 31.0. The van der Waals surface area contributed by atoms with Gasteiger partial charge in [-0.15, -0.1) is 11.3 Å². The smallest absolute Gasteiger partial charge is 0.341 e. The SMILES string of the molecule is CCOC(=O)c1c(NC(=O)c2cn3ccc(C)cc3n2)sc2c1CCC(C)C2. The number of carbonyl (C=O) groups is 2. The second-order valence-electron chi connectivity index (χ2n) is 7.33. The van der Waals surface area contributed by atoms with E-state index in [9.17, 15) is 9.59 Å². The van der Waals surface area contributed by atoms with Crippen LogP contribution in [0.25, 0.3) is 5.65 Å². The summed E-state index contributed by atoms with van der Waals surface area (Å²) in [6, 6.07) is 3.88. The third kappa shape index (κ3) is 3.42. The molecule has 3 aromatic rings. The zero-order valence-corrected chi connectivity index (χ0v) is 17.1. The van der Waals surface area contributed by atoms with Crippen molar-refractivity contribution < 1.29 is 14.3 Å². The van der Waals surface area contributed by atoms with Gasteiger partial charge in [0.15, 0.2) is 0 Å². The van der Waals surface area contributed by atoms with Crippen molar-refractivity contribution in [1.82, 2.24) is 9.38 Å². The minimum Gasteiger partial charge on any atom is -0.462 e. The van der Waals surface area contributed by atoms with E-state index in [4.69, 9.17) is 4.74 Å². The molecule has 1 atom stereocenters. The van der Waals surface area contributed by atoms with E-state index in [1.807, 2.05) is 29.7 Å². The van der Waals surface area contributed by atoms with Crippen LogP contribution in [-0.4, -0.2) is 27.9 Å². The van der Waals surface area contributed by atoms with E-state index in [1.54, 1.807) is 13.1 Å². The quantitative estimate of drug-likeness (QED) is 0.668. The van der Waals surface area contributed by atoms with Crippen molar-refractivity contribution in [3.05, 3.63) is 51.8 Å². The highest BCUT2D eigenvalue weighted by molar-refractivity contribution is 7.17. The fourth-order valence-electron chi connectivity index (χ4n) is 3.62. The van der Waals surface area contributed by atoms with Crippen molar-refractivity contribution in [2.75, 3.05) is 11.9 Å². The van der Waals surface area contributed by atoms with Crippen LogP contribution in [0.2, 0.25) is 0 Å². The highest BCUT2D eigenvalue weighted by atomic mass is 32.1. The largest absolute Gasteiger partial charge is 0.462 e. The number of aryl methyl sites for hydroxylation is 1. The van der Waals surface area contributed by atoms with E-state index < -0.39 is 0 Å². The summed E-state index contributed by atoms with van der Waals surface area (Å²) in [6.45, 7) is 6.29. The van der Waals surface area contributed by atoms with E-state index in [2.05, 4.69) is 17.2 Å². The second-order valence-corrected chi connectivity index (χ2v) is 8.43. The molecule has 0 aromatic carbocycles. The molecule has 0 aliphatic heterocycles. The molecule has 1 N–H and O–H groups in total. The number of amides is 1. The number of carbonyl (C=O) groups excluding carboxylic acids is 2. The van der Waals surface area contributed by atoms with Crippen LogP contribution in [0.1, 0.15) is 57.1 Å². The van der Waals surface area contributed by atoms with Crippen molar-refractivity contribution >= 4 is 33.9 Å². The molecule has 4 rings (SSSR count). The average Bonchev–Trinajstić information content (AvgIpc) is 3.21. The molecule has 1 amide bonds. The lowest BCUT2D eigenvalue weighted by atomic mass is 9.88. The third-order valence-corrected chi connectivity index (χ3v) is 6.24. The van der Waals surface area contributed by atoms with Crippen LogP contribution in [-0.2, 0) is 17.6 Å². The van der Waals surface area contributed by atoms with Gasteiger partial charge in [0, 0.05) is 17.3 Å². The number of esters is 1. The number of anilines is 1. The van der Waals surface area contributed by atoms with Crippen LogP contribution in [0.3, 0.4) is 0 Å². The minimum atomic E-state index is -0.365. The maximum atomic E-state index is 12.8. The highest BCUT2D eigenvalue weighted by Gasteiger charge is 2.29. The maximum absolute atomic E-state index is 12.8. The predicted molar refractivity (Wildman–Crippen MR) is 109 cm³/mol. The van der Waals surface area contributed by atoms with Gasteiger partial charge in [0.25, 0.3) is 5.91 Å². The summed E-state index contributed by atoms with van der Waals surface area (Å²) in [5.41, 5.74) is 3.66. The van der Waals surface area contributed by atoms with Crippen molar-refractivity contribution in [3.63, 3.8) is 0 Å². The zero-order chi connectivity index (χ0) is 19.8. The van der Waals surface area contributed by atoms with Crippen LogP contribution in [0.5, 0.6) is 0 Å². The Morgan fingerprint density at radius 1 is 1.43 bits per heavy atom. The average molecular weight is 398 g/mol. The summed E-state index contributed by atoms with van der Waals surface area (Å²) >= 11 is 1.48. The van der Waals surface area contributed by atoms with Gasteiger partial charge in [0.2, 0.25) is 0 Å². The first-order chi connectivity index (χ1) is 13.5. The Morgan fingerprint density at radius 3 is 3.04 bits per heavy atom. The van der Waals surface area contributed by atoms with E-state index in [1.165, 1.54) is 16.2 Å². The van der Waals surface area contributed by atoms with E-state index in [0.717, 1.165) is 36.0 Å². The molecule has 7 heteroatoms. The van der Waals surface area contributed by atoms with E-state index in [-0.39, 0.29) is 11.9 Å². The normalized spacial score (nSPS) is 16.0. The first kappa shape index (κ1) is 18.7. The fourth-order valence-corrected chi connectivity index (χ4v) is 5.01. The molecule has 1 aliphatic carbocycles. The van der Waals surface area contributed by atoms with E-state index >= 15 is 0 Å². The van der Waals surface area contributed by atoms with Gasteiger partial charge in [0.1, 0.15) is 16.3 Å². The summed E-state index contributed by atoms with van der Waals surface area (Å²) in [6.07, 6.45) is 6.38. The lowest BCUT2D eigenvalue weighted by Crippen LogP contribution is -2.17. The van der Waals surface area contributed by atoms with Crippen LogP contribution in [0, 0.1) is 12.8 Å². The predicted octanol–water partition coefficient (Wildman–Crippen LogP) is 4.26. The highest BCUT2D eigenvalue weighted by Crippen LogP contribution is 2.40. The molecule has 1 unspecified atom stereocenters. The van der Waals surface area contributed by atoms with Gasteiger partial charge in [0.05, 0.1) is 12.2 Å². The van der Waals surface area contributed by atoms with Gasteiger partial charge in [-0.1, -0.05) is 6.92 Å². The van der Waals surface area contributed by atoms with Crippen LogP contribution in [0.15, 0.2) is 24.5 Å².